The number of rotatable bonds is 6. The van der Waals surface area contributed by atoms with Crippen LogP contribution in [0, 0.1) is 5.92 Å². The van der Waals surface area contributed by atoms with Crippen molar-refractivity contribution in [2.75, 3.05) is 26.7 Å². The lowest BCUT2D eigenvalue weighted by Gasteiger charge is -2.31. The van der Waals surface area contributed by atoms with Crippen molar-refractivity contribution in [2.45, 2.75) is 25.3 Å². The predicted octanol–water partition coefficient (Wildman–Crippen LogP) is 3.22. The van der Waals surface area contributed by atoms with E-state index in [0.29, 0.717) is 37.4 Å². The van der Waals surface area contributed by atoms with E-state index in [-0.39, 0.29) is 30.3 Å². The van der Waals surface area contributed by atoms with Gasteiger partial charge < -0.3 is 10.5 Å². The molecule has 8 heteroatoms. The van der Waals surface area contributed by atoms with Crippen molar-refractivity contribution in [3.63, 3.8) is 0 Å². The third-order valence-corrected chi connectivity index (χ3v) is 6.42. The normalized spacial score (nSPS) is 19.6. The van der Waals surface area contributed by atoms with Crippen LogP contribution in [-0.2, 0) is 9.59 Å². The quantitative estimate of drug-likeness (QED) is 0.725. The molecular weight excluding hydrogens is 428 g/mol. The maximum absolute atomic E-state index is 13.3. The molecule has 4 rings (SSSR count). The summed E-state index contributed by atoms with van der Waals surface area (Å²) in [7, 11) is 1.63. The minimum atomic E-state index is -0.258. The molecule has 1 fully saturated rings. The highest BCUT2D eigenvalue weighted by Gasteiger charge is 2.34. The molecule has 2 aliphatic rings. The van der Waals surface area contributed by atoms with E-state index in [2.05, 4.69) is 4.90 Å². The minimum Gasteiger partial charge on any atom is -0.497 e. The highest BCUT2D eigenvalue weighted by atomic mass is 35.5. The number of hydrazone groups is 1. The van der Waals surface area contributed by atoms with Gasteiger partial charge in [-0.15, -0.1) is 0 Å². The lowest BCUT2D eigenvalue weighted by molar-refractivity contribution is -0.134. The molecule has 7 nitrogen and oxygen atoms in total. The summed E-state index contributed by atoms with van der Waals surface area (Å²) < 4.78 is 5.35. The zero-order valence-corrected chi connectivity index (χ0v) is 18.8. The highest BCUT2D eigenvalue weighted by Crippen LogP contribution is 2.34. The van der Waals surface area contributed by atoms with Crippen molar-refractivity contribution in [1.82, 2.24) is 9.91 Å². The molecule has 0 unspecified atom stereocenters. The zero-order chi connectivity index (χ0) is 22.7. The van der Waals surface area contributed by atoms with E-state index in [0.717, 1.165) is 22.6 Å². The monoisotopic (exact) mass is 454 g/mol. The lowest BCUT2D eigenvalue weighted by Crippen LogP contribution is -2.43. The third kappa shape index (κ3) is 4.95. The molecular formula is C24H27ClN4O3. The summed E-state index contributed by atoms with van der Waals surface area (Å²) in [6.07, 6.45) is 1.97. The van der Waals surface area contributed by atoms with Crippen LogP contribution in [0.25, 0.3) is 0 Å². The van der Waals surface area contributed by atoms with Crippen molar-refractivity contribution < 1.29 is 14.3 Å². The average Bonchev–Trinajstić information content (AvgIpc) is 3.26. The van der Waals surface area contributed by atoms with Crippen molar-refractivity contribution in [1.29, 1.82) is 0 Å². The molecule has 2 aliphatic heterocycles. The van der Waals surface area contributed by atoms with Crippen molar-refractivity contribution in [2.24, 2.45) is 16.8 Å². The number of piperidine rings is 1. The van der Waals surface area contributed by atoms with Crippen LogP contribution in [0.2, 0.25) is 5.02 Å². The molecule has 1 atom stereocenters. The summed E-state index contributed by atoms with van der Waals surface area (Å²) in [5.41, 5.74) is 8.18. The van der Waals surface area contributed by atoms with Gasteiger partial charge in [-0.25, -0.2) is 5.01 Å². The van der Waals surface area contributed by atoms with E-state index in [9.17, 15) is 9.59 Å². The van der Waals surface area contributed by atoms with E-state index in [1.54, 1.807) is 12.1 Å². The first-order valence-corrected chi connectivity index (χ1v) is 11.1. The summed E-state index contributed by atoms with van der Waals surface area (Å²) in [5, 5.41) is 6.98. The van der Waals surface area contributed by atoms with Gasteiger partial charge in [-0.1, -0.05) is 35.9 Å². The number of methoxy groups -OCH3 is 1. The Labute approximate surface area is 192 Å². The number of amides is 2. The number of hydrogen-bond acceptors (Lipinski definition) is 5. The second-order valence-corrected chi connectivity index (χ2v) is 8.68. The second-order valence-electron chi connectivity index (χ2n) is 8.24. The summed E-state index contributed by atoms with van der Waals surface area (Å²) >= 11 is 6.08. The van der Waals surface area contributed by atoms with E-state index in [1.807, 2.05) is 48.5 Å². The van der Waals surface area contributed by atoms with Gasteiger partial charge in [0.1, 0.15) is 5.75 Å². The molecule has 2 N–H and O–H groups in total. The lowest BCUT2D eigenvalue weighted by atomic mass is 9.96. The van der Waals surface area contributed by atoms with Gasteiger partial charge in [0.05, 0.1) is 25.4 Å². The molecule has 0 saturated carbocycles. The fourth-order valence-corrected chi connectivity index (χ4v) is 4.43. The van der Waals surface area contributed by atoms with Gasteiger partial charge in [0.2, 0.25) is 5.91 Å². The number of hydrogen-bond donors (Lipinski definition) is 1. The fourth-order valence-electron chi connectivity index (χ4n) is 4.30. The summed E-state index contributed by atoms with van der Waals surface area (Å²) in [6.45, 7) is 1.60. The van der Waals surface area contributed by atoms with E-state index >= 15 is 0 Å². The molecule has 0 aromatic heterocycles. The molecule has 2 amide bonds. The molecule has 168 valence electrons. The molecule has 0 radical (unpaired) electrons. The van der Waals surface area contributed by atoms with Crippen LogP contribution < -0.4 is 10.5 Å². The third-order valence-electron chi connectivity index (χ3n) is 6.17. The number of carbonyl (C=O) groups excluding carboxylic acids is 2. The van der Waals surface area contributed by atoms with Gasteiger partial charge in [-0.3, -0.25) is 14.5 Å². The van der Waals surface area contributed by atoms with Crippen LogP contribution in [0.1, 0.15) is 36.4 Å². The van der Waals surface area contributed by atoms with Crippen LogP contribution in [0.3, 0.4) is 0 Å². The number of halogens is 1. The number of primary amides is 1. The number of likely N-dealkylation sites (tertiary alicyclic amines) is 1. The molecule has 2 aromatic carbocycles. The Morgan fingerprint density at radius 1 is 1.16 bits per heavy atom. The Hall–Kier alpha value is -2.90. The minimum absolute atomic E-state index is 0.0691. The van der Waals surface area contributed by atoms with Gasteiger partial charge in [0.15, 0.2) is 0 Å². The standard InChI is InChI=1S/C24H27ClN4O3/c1-32-20-4-2-3-18(13-20)21-14-22(16-5-7-19(25)8-6-16)29(27-21)23(30)15-28-11-9-17(10-12-28)24(26)31/h2-8,13,17,22H,9-12,14-15H2,1H3,(H2,26,31)/t22-/m0/s1. The van der Waals surface area contributed by atoms with Crippen molar-refractivity contribution in [3.8, 4) is 5.75 Å². The Kier molecular flexibility index (Phi) is 6.77. The Morgan fingerprint density at radius 3 is 2.53 bits per heavy atom. The van der Waals surface area contributed by atoms with Crippen LogP contribution in [0.5, 0.6) is 5.75 Å². The molecule has 0 aliphatic carbocycles. The van der Waals surface area contributed by atoms with Crippen LogP contribution >= 0.6 is 11.6 Å². The van der Waals surface area contributed by atoms with E-state index < -0.39 is 0 Å². The molecule has 1 saturated heterocycles. The van der Waals surface area contributed by atoms with Crippen LogP contribution in [-0.4, -0.2) is 54.2 Å². The molecule has 2 heterocycles. The Balaban J connectivity index is 1.55. The molecule has 0 bridgehead atoms. The first-order chi connectivity index (χ1) is 15.4. The summed E-state index contributed by atoms with van der Waals surface area (Å²) in [6, 6.07) is 15.0. The Bertz CT molecular complexity index is 1020. The summed E-state index contributed by atoms with van der Waals surface area (Å²) in [4.78, 5) is 26.8. The molecule has 32 heavy (non-hydrogen) atoms. The number of ether oxygens (including phenoxy) is 1. The van der Waals surface area contributed by atoms with E-state index in [1.165, 1.54) is 0 Å². The zero-order valence-electron chi connectivity index (χ0n) is 18.0. The van der Waals surface area contributed by atoms with Gasteiger partial charge in [-0.2, -0.15) is 5.10 Å². The first-order valence-electron chi connectivity index (χ1n) is 10.8. The van der Waals surface area contributed by atoms with Gasteiger partial charge in [0.25, 0.3) is 5.91 Å². The molecule has 2 aromatic rings. The maximum Gasteiger partial charge on any atom is 0.257 e. The average molecular weight is 455 g/mol. The maximum atomic E-state index is 13.3. The largest absolute Gasteiger partial charge is 0.497 e. The Morgan fingerprint density at radius 2 is 1.88 bits per heavy atom. The van der Waals surface area contributed by atoms with Crippen LogP contribution in [0.15, 0.2) is 53.6 Å². The fraction of sp³-hybridized carbons (Fsp3) is 0.375. The number of benzene rings is 2. The number of nitrogens with two attached hydrogens (primary N) is 1. The number of nitrogens with zero attached hydrogens (tertiary/aromatic N) is 3. The smallest absolute Gasteiger partial charge is 0.257 e. The van der Waals surface area contributed by atoms with Crippen molar-refractivity contribution in [3.05, 3.63) is 64.7 Å². The highest BCUT2D eigenvalue weighted by molar-refractivity contribution is 6.30. The molecule has 0 spiro atoms. The van der Waals surface area contributed by atoms with Gasteiger partial charge >= 0.3 is 0 Å². The predicted molar refractivity (Wildman–Crippen MR) is 124 cm³/mol. The number of carbonyl (C=O) groups is 2. The van der Waals surface area contributed by atoms with E-state index in [4.69, 9.17) is 27.2 Å². The van der Waals surface area contributed by atoms with Crippen molar-refractivity contribution >= 4 is 29.1 Å². The van der Waals surface area contributed by atoms with Crippen LogP contribution in [0.4, 0.5) is 0 Å². The first kappa shape index (κ1) is 22.3. The van der Waals surface area contributed by atoms with Gasteiger partial charge in [0, 0.05) is 22.9 Å². The second kappa shape index (κ2) is 9.71. The van der Waals surface area contributed by atoms with Gasteiger partial charge in [-0.05, 0) is 55.8 Å². The topological polar surface area (TPSA) is 88.2 Å². The summed E-state index contributed by atoms with van der Waals surface area (Å²) in [5.74, 6) is 0.314. The SMILES string of the molecule is COc1cccc(C2=NN(C(=O)CN3CCC(C(N)=O)CC3)[C@H](c3ccc(Cl)cc3)C2)c1.